The first kappa shape index (κ1) is 11.1. The Morgan fingerprint density at radius 1 is 1.38 bits per heavy atom. The lowest BCUT2D eigenvalue weighted by Gasteiger charge is -1.99. The van der Waals surface area contributed by atoms with Gasteiger partial charge in [0.05, 0.1) is 5.56 Å². The minimum Gasteiger partial charge on any atom is -0.421 e. The summed E-state index contributed by atoms with van der Waals surface area (Å²) in [6, 6.07) is 5.05. The molecule has 1 heterocycles. The van der Waals surface area contributed by atoms with Crippen LogP contribution in [0.4, 0.5) is 4.39 Å². The number of benzene rings is 1. The van der Waals surface area contributed by atoms with Gasteiger partial charge in [0.1, 0.15) is 5.82 Å². The van der Waals surface area contributed by atoms with Crippen LogP contribution >= 0.6 is 11.6 Å². The van der Waals surface area contributed by atoms with Crippen molar-refractivity contribution in [2.75, 3.05) is 5.88 Å². The first-order valence-corrected chi connectivity index (χ1v) is 5.39. The Bertz CT molecular complexity index is 498. The predicted octanol–water partition coefficient (Wildman–Crippen LogP) is 2.97. The number of rotatable bonds is 3. The van der Waals surface area contributed by atoms with Crippen LogP contribution in [0.15, 0.2) is 22.6 Å². The average Bonchev–Trinajstić information content (AvgIpc) is 2.71. The van der Waals surface area contributed by atoms with Gasteiger partial charge in [0.2, 0.25) is 5.89 Å². The molecule has 0 aliphatic carbocycles. The molecule has 0 unspecified atom stereocenters. The van der Waals surface area contributed by atoms with Crippen molar-refractivity contribution in [3.05, 3.63) is 35.5 Å². The van der Waals surface area contributed by atoms with Gasteiger partial charge in [0, 0.05) is 12.3 Å². The fourth-order valence-corrected chi connectivity index (χ4v) is 1.52. The molecular weight excluding hydrogens is 231 g/mol. The van der Waals surface area contributed by atoms with Crippen LogP contribution in [0.25, 0.3) is 11.5 Å². The standard InChI is InChI=1S/C11H10ClFN2O/c1-7-3-2-4-8(10(7)13)11-15-14-9(16-11)5-6-12/h2-4H,5-6H2,1H3. The molecule has 0 aliphatic rings. The van der Waals surface area contributed by atoms with Crippen LogP contribution in [0.3, 0.4) is 0 Å². The number of alkyl halides is 1. The van der Waals surface area contributed by atoms with E-state index < -0.39 is 0 Å². The Labute approximate surface area is 97.3 Å². The molecule has 0 radical (unpaired) electrons. The fourth-order valence-electron chi connectivity index (χ4n) is 1.36. The molecule has 1 aromatic heterocycles. The van der Waals surface area contributed by atoms with Crippen LogP contribution in [0.1, 0.15) is 11.5 Å². The number of hydrogen-bond acceptors (Lipinski definition) is 3. The second kappa shape index (κ2) is 4.61. The van der Waals surface area contributed by atoms with Gasteiger partial charge in [-0.2, -0.15) is 0 Å². The third kappa shape index (κ3) is 2.07. The maximum absolute atomic E-state index is 13.7. The zero-order chi connectivity index (χ0) is 11.5. The van der Waals surface area contributed by atoms with Gasteiger partial charge in [-0.1, -0.05) is 12.1 Å². The second-order valence-electron chi connectivity index (χ2n) is 3.38. The van der Waals surface area contributed by atoms with Crippen LogP contribution in [-0.2, 0) is 6.42 Å². The van der Waals surface area contributed by atoms with Crippen LogP contribution < -0.4 is 0 Å². The molecule has 0 aliphatic heterocycles. The Hall–Kier alpha value is -1.42. The van der Waals surface area contributed by atoms with E-state index >= 15 is 0 Å². The van der Waals surface area contributed by atoms with Gasteiger partial charge in [-0.25, -0.2) is 4.39 Å². The molecule has 0 N–H and O–H groups in total. The molecule has 16 heavy (non-hydrogen) atoms. The van der Waals surface area contributed by atoms with Crippen molar-refractivity contribution in [2.45, 2.75) is 13.3 Å². The molecule has 0 amide bonds. The number of nitrogens with zero attached hydrogens (tertiary/aromatic N) is 2. The average molecular weight is 241 g/mol. The molecule has 2 rings (SSSR count). The van der Waals surface area contributed by atoms with E-state index in [0.717, 1.165) is 0 Å². The second-order valence-corrected chi connectivity index (χ2v) is 3.75. The molecule has 3 nitrogen and oxygen atoms in total. The highest BCUT2D eigenvalue weighted by molar-refractivity contribution is 6.17. The van der Waals surface area contributed by atoms with Gasteiger partial charge >= 0.3 is 0 Å². The van der Waals surface area contributed by atoms with E-state index in [1.807, 2.05) is 0 Å². The van der Waals surface area contributed by atoms with Crippen molar-refractivity contribution in [3.63, 3.8) is 0 Å². The predicted molar refractivity (Wildman–Crippen MR) is 58.9 cm³/mol. The van der Waals surface area contributed by atoms with E-state index in [-0.39, 0.29) is 11.7 Å². The van der Waals surface area contributed by atoms with E-state index in [0.29, 0.717) is 29.3 Å². The SMILES string of the molecule is Cc1cccc(-c2nnc(CCCl)o2)c1F. The minimum atomic E-state index is -0.330. The lowest BCUT2D eigenvalue weighted by molar-refractivity contribution is 0.508. The van der Waals surface area contributed by atoms with Gasteiger partial charge in [-0.05, 0) is 18.6 Å². The first-order valence-electron chi connectivity index (χ1n) is 4.86. The summed E-state index contributed by atoms with van der Waals surface area (Å²) in [5.41, 5.74) is 0.878. The third-order valence-electron chi connectivity index (χ3n) is 2.20. The maximum atomic E-state index is 13.7. The normalized spacial score (nSPS) is 10.7. The Morgan fingerprint density at radius 2 is 2.19 bits per heavy atom. The lowest BCUT2D eigenvalue weighted by atomic mass is 10.1. The lowest BCUT2D eigenvalue weighted by Crippen LogP contribution is -1.87. The third-order valence-corrected chi connectivity index (χ3v) is 2.39. The molecule has 84 valence electrons. The molecule has 0 spiro atoms. The van der Waals surface area contributed by atoms with E-state index in [9.17, 15) is 4.39 Å². The van der Waals surface area contributed by atoms with E-state index in [2.05, 4.69) is 10.2 Å². The number of hydrogen-bond donors (Lipinski definition) is 0. The maximum Gasteiger partial charge on any atom is 0.250 e. The van der Waals surface area contributed by atoms with Crippen molar-refractivity contribution >= 4 is 11.6 Å². The Balaban J connectivity index is 2.39. The van der Waals surface area contributed by atoms with E-state index in [1.54, 1.807) is 25.1 Å². The van der Waals surface area contributed by atoms with E-state index in [4.69, 9.17) is 16.0 Å². The fraction of sp³-hybridized carbons (Fsp3) is 0.273. The van der Waals surface area contributed by atoms with E-state index in [1.165, 1.54) is 0 Å². The zero-order valence-electron chi connectivity index (χ0n) is 8.70. The summed E-state index contributed by atoms with van der Waals surface area (Å²) in [4.78, 5) is 0. The zero-order valence-corrected chi connectivity index (χ0v) is 9.46. The largest absolute Gasteiger partial charge is 0.421 e. The summed E-state index contributed by atoms with van der Waals surface area (Å²) in [5, 5.41) is 7.58. The van der Waals surface area contributed by atoms with Gasteiger partial charge in [0.15, 0.2) is 0 Å². The van der Waals surface area contributed by atoms with Crippen molar-refractivity contribution in [1.82, 2.24) is 10.2 Å². The number of aromatic nitrogens is 2. The molecule has 2 aromatic rings. The molecule has 0 fully saturated rings. The molecular formula is C11H10ClFN2O. The van der Waals surface area contributed by atoms with Crippen LogP contribution in [-0.4, -0.2) is 16.1 Å². The smallest absolute Gasteiger partial charge is 0.250 e. The van der Waals surface area contributed by atoms with Crippen LogP contribution in [0.5, 0.6) is 0 Å². The summed E-state index contributed by atoms with van der Waals surface area (Å²) in [5.74, 6) is 0.689. The molecule has 0 bridgehead atoms. The Morgan fingerprint density at radius 3 is 2.94 bits per heavy atom. The summed E-state index contributed by atoms with van der Waals surface area (Å²) >= 11 is 5.55. The Kier molecular flexibility index (Phi) is 3.19. The molecule has 1 aromatic carbocycles. The van der Waals surface area contributed by atoms with Gasteiger partial charge < -0.3 is 4.42 Å². The number of halogens is 2. The van der Waals surface area contributed by atoms with Crippen LogP contribution in [0, 0.1) is 12.7 Å². The highest BCUT2D eigenvalue weighted by Gasteiger charge is 2.13. The topological polar surface area (TPSA) is 38.9 Å². The van der Waals surface area contributed by atoms with Crippen molar-refractivity contribution in [3.8, 4) is 11.5 Å². The van der Waals surface area contributed by atoms with Crippen LogP contribution in [0.2, 0.25) is 0 Å². The monoisotopic (exact) mass is 240 g/mol. The van der Waals surface area contributed by atoms with Crippen molar-refractivity contribution < 1.29 is 8.81 Å². The molecule has 5 heteroatoms. The number of aryl methyl sites for hydroxylation is 2. The van der Waals surface area contributed by atoms with Gasteiger partial charge in [-0.3, -0.25) is 0 Å². The summed E-state index contributed by atoms with van der Waals surface area (Å²) in [6.07, 6.45) is 0.488. The van der Waals surface area contributed by atoms with Gasteiger partial charge in [-0.15, -0.1) is 21.8 Å². The highest BCUT2D eigenvalue weighted by atomic mass is 35.5. The summed E-state index contributed by atoms with van der Waals surface area (Å²) < 4.78 is 19.0. The quantitative estimate of drug-likeness (QED) is 0.775. The molecule has 0 atom stereocenters. The van der Waals surface area contributed by atoms with Crippen molar-refractivity contribution in [1.29, 1.82) is 0 Å². The molecule has 0 saturated carbocycles. The summed E-state index contributed by atoms with van der Waals surface area (Å²) in [7, 11) is 0. The minimum absolute atomic E-state index is 0.196. The summed E-state index contributed by atoms with van der Waals surface area (Å²) in [6.45, 7) is 1.69. The highest BCUT2D eigenvalue weighted by Crippen LogP contribution is 2.23. The first-order chi connectivity index (χ1) is 7.72. The van der Waals surface area contributed by atoms with Crippen molar-refractivity contribution in [2.24, 2.45) is 0 Å². The molecule has 0 saturated heterocycles. The van der Waals surface area contributed by atoms with Gasteiger partial charge in [0.25, 0.3) is 5.89 Å².